The Kier molecular flexibility index (Phi) is 10.1. The van der Waals surface area contributed by atoms with Gasteiger partial charge in [0.25, 0.3) is 0 Å². The topological polar surface area (TPSA) is 25.8 Å². The maximum atomic E-state index is 4.79. The minimum absolute atomic E-state index is 0.358. The molecular formula is C51H48N2. The molecule has 2 heterocycles. The summed E-state index contributed by atoms with van der Waals surface area (Å²) in [7, 11) is 0. The van der Waals surface area contributed by atoms with Crippen molar-refractivity contribution in [3.8, 4) is 55.9 Å². The number of aryl methyl sites for hydroxylation is 3. The molecule has 0 unspecified atom stereocenters. The van der Waals surface area contributed by atoms with Gasteiger partial charge in [0.1, 0.15) is 0 Å². The highest BCUT2D eigenvalue weighted by molar-refractivity contribution is 5.85. The van der Waals surface area contributed by atoms with Crippen molar-refractivity contribution in [3.05, 3.63) is 180 Å². The highest BCUT2D eigenvalue weighted by Crippen LogP contribution is 2.42. The zero-order chi connectivity index (χ0) is 36.0. The molecule has 0 bridgehead atoms. The second kappa shape index (κ2) is 15.6. The highest BCUT2D eigenvalue weighted by Gasteiger charge is 2.31. The van der Waals surface area contributed by atoms with Crippen LogP contribution in [0.5, 0.6) is 0 Å². The van der Waals surface area contributed by atoms with Gasteiger partial charge in [0.15, 0.2) is 0 Å². The van der Waals surface area contributed by atoms with Gasteiger partial charge >= 0.3 is 0 Å². The van der Waals surface area contributed by atoms with Crippen molar-refractivity contribution in [2.75, 3.05) is 0 Å². The molecule has 0 saturated heterocycles. The van der Waals surface area contributed by atoms with Crippen LogP contribution in [-0.2, 0) is 18.3 Å². The Labute approximate surface area is 315 Å². The maximum Gasteiger partial charge on any atom is 0.0708 e. The van der Waals surface area contributed by atoms with Crippen LogP contribution < -0.4 is 0 Å². The summed E-state index contributed by atoms with van der Waals surface area (Å²) < 4.78 is 0. The van der Waals surface area contributed by atoms with Gasteiger partial charge in [-0.1, -0.05) is 153 Å². The first-order chi connectivity index (χ1) is 26.1. The number of rotatable bonds is 10. The third-order valence-corrected chi connectivity index (χ3v) is 11.6. The van der Waals surface area contributed by atoms with Crippen LogP contribution in [0.15, 0.2) is 158 Å². The van der Waals surface area contributed by atoms with Gasteiger partial charge in [-0.3, -0.25) is 9.97 Å². The Hall–Kier alpha value is -5.60. The lowest BCUT2D eigenvalue weighted by Crippen LogP contribution is -2.28. The average molecular weight is 689 g/mol. The fraction of sp³-hybridized carbons (Fsp3) is 0.216. The summed E-state index contributed by atoms with van der Waals surface area (Å²) in [6, 6.07) is 53.4. The molecule has 0 atom stereocenters. The number of benzene rings is 5. The van der Waals surface area contributed by atoms with Crippen molar-refractivity contribution < 1.29 is 0 Å². The van der Waals surface area contributed by atoms with E-state index in [1.165, 1.54) is 94.2 Å². The first-order valence-electron chi connectivity index (χ1n) is 19.5. The van der Waals surface area contributed by atoms with E-state index in [0.29, 0.717) is 5.41 Å². The Bertz CT molecular complexity index is 2280. The predicted octanol–water partition coefficient (Wildman–Crippen LogP) is 13.5. The number of aromatic nitrogens is 2. The number of hydrogen-bond donors (Lipinski definition) is 0. The number of nitrogens with zero attached hydrogens (tertiary/aromatic N) is 2. The monoisotopic (exact) mass is 688 g/mol. The van der Waals surface area contributed by atoms with Gasteiger partial charge in [0.2, 0.25) is 0 Å². The maximum absolute atomic E-state index is 4.79. The van der Waals surface area contributed by atoms with Crippen LogP contribution in [-0.4, -0.2) is 9.97 Å². The highest BCUT2D eigenvalue weighted by atomic mass is 14.7. The molecule has 0 N–H and O–H groups in total. The fourth-order valence-corrected chi connectivity index (χ4v) is 8.49. The summed E-state index contributed by atoms with van der Waals surface area (Å²) in [4.78, 5) is 9.29. The molecule has 0 spiro atoms. The summed E-state index contributed by atoms with van der Waals surface area (Å²) in [6.07, 6.45) is 13.7. The molecule has 0 amide bonds. The largest absolute Gasteiger partial charge is 0.256 e. The molecule has 1 aliphatic rings. The first-order valence-corrected chi connectivity index (χ1v) is 19.5. The van der Waals surface area contributed by atoms with Crippen LogP contribution >= 0.6 is 0 Å². The first kappa shape index (κ1) is 34.5. The third kappa shape index (κ3) is 7.64. The van der Waals surface area contributed by atoms with E-state index >= 15 is 0 Å². The normalized spacial score (nSPS) is 13.8. The van der Waals surface area contributed by atoms with E-state index < -0.39 is 0 Å². The van der Waals surface area contributed by atoms with E-state index in [2.05, 4.69) is 152 Å². The van der Waals surface area contributed by atoms with Gasteiger partial charge < -0.3 is 0 Å². The fourth-order valence-electron chi connectivity index (χ4n) is 8.49. The smallest absolute Gasteiger partial charge is 0.0708 e. The van der Waals surface area contributed by atoms with E-state index in [9.17, 15) is 0 Å². The average Bonchev–Trinajstić information content (AvgIpc) is 3.23. The van der Waals surface area contributed by atoms with Crippen molar-refractivity contribution >= 4 is 0 Å². The Morgan fingerprint density at radius 3 is 1.81 bits per heavy atom. The molecule has 53 heavy (non-hydrogen) atoms. The molecule has 1 fully saturated rings. The molecule has 7 aromatic rings. The SMILES string of the molecule is CCC1(c2ccc(-c3ccnc(-c4ccc(-c5ccccc5-c5cc(C)cc(CCc6ccc(-c7ccccn7)cc6)c5)cc4)c3)cc2)CCCCC1. The summed E-state index contributed by atoms with van der Waals surface area (Å²) in [5, 5.41) is 0. The van der Waals surface area contributed by atoms with E-state index in [0.717, 1.165) is 35.4 Å². The Morgan fingerprint density at radius 1 is 0.472 bits per heavy atom. The summed E-state index contributed by atoms with van der Waals surface area (Å²) in [6.45, 7) is 4.57. The van der Waals surface area contributed by atoms with Gasteiger partial charge in [-0.15, -0.1) is 0 Å². The summed E-state index contributed by atoms with van der Waals surface area (Å²) >= 11 is 0. The van der Waals surface area contributed by atoms with E-state index in [1.807, 2.05) is 24.5 Å². The van der Waals surface area contributed by atoms with E-state index in [-0.39, 0.29) is 0 Å². The zero-order valence-corrected chi connectivity index (χ0v) is 31.1. The molecule has 1 aliphatic carbocycles. The molecular weight excluding hydrogens is 641 g/mol. The van der Waals surface area contributed by atoms with E-state index in [1.54, 1.807) is 0 Å². The number of hydrogen-bond acceptors (Lipinski definition) is 2. The second-order valence-electron chi connectivity index (χ2n) is 14.9. The van der Waals surface area contributed by atoms with Crippen molar-refractivity contribution in [1.82, 2.24) is 9.97 Å². The molecule has 5 aromatic carbocycles. The second-order valence-corrected chi connectivity index (χ2v) is 14.9. The number of pyridine rings is 2. The molecule has 1 saturated carbocycles. The lowest BCUT2D eigenvalue weighted by atomic mass is 9.68. The predicted molar refractivity (Wildman–Crippen MR) is 223 cm³/mol. The minimum atomic E-state index is 0.358. The van der Waals surface area contributed by atoms with Crippen molar-refractivity contribution in [1.29, 1.82) is 0 Å². The summed E-state index contributed by atoms with van der Waals surface area (Å²) in [5.74, 6) is 0. The molecule has 2 heteroatoms. The Balaban J connectivity index is 0.991. The lowest BCUT2D eigenvalue weighted by Gasteiger charge is -2.37. The Morgan fingerprint density at radius 2 is 1.09 bits per heavy atom. The van der Waals surface area contributed by atoms with Crippen LogP contribution in [0.1, 0.15) is 67.7 Å². The molecule has 0 radical (unpaired) electrons. The lowest BCUT2D eigenvalue weighted by molar-refractivity contribution is 0.283. The van der Waals surface area contributed by atoms with Crippen LogP contribution in [0.2, 0.25) is 0 Å². The molecule has 8 rings (SSSR count). The molecule has 2 aromatic heterocycles. The van der Waals surface area contributed by atoms with Crippen molar-refractivity contribution in [2.45, 2.75) is 70.6 Å². The van der Waals surface area contributed by atoms with Gasteiger partial charge in [-0.05, 0) is 119 Å². The minimum Gasteiger partial charge on any atom is -0.256 e. The van der Waals surface area contributed by atoms with Gasteiger partial charge in [0, 0.05) is 23.5 Å². The summed E-state index contributed by atoms with van der Waals surface area (Å²) in [5.41, 5.74) is 17.6. The van der Waals surface area contributed by atoms with Crippen LogP contribution in [0.25, 0.3) is 55.9 Å². The van der Waals surface area contributed by atoms with Crippen LogP contribution in [0.3, 0.4) is 0 Å². The van der Waals surface area contributed by atoms with Crippen molar-refractivity contribution in [2.24, 2.45) is 0 Å². The van der Waals surface area contributed by atoms with Crippen LogP contribution in [0, 0.1) is 6.92 Å². The standard InChI is InChI=1S/C51H48N2/c1-3-51(29-8-4-9-30-51)46-26-24-40(25-27-46)44-28-32-53-50(36-44)43-22-20-41(21-23-43)47-11-5-6-12-48(47)45-34-37(2)33-39(35-45)15-14-38-16-18-42(19-17-38)49-13-7-10-31-52-49/h5-7,10-13,16-28,31-36H,3-4,8-9,14-15,29-30H2,1-2H3. The van der Waals surface area contributed by atoms with Crippen molar-refractivity contribution in [3.63, 3.8) is 0 Å². The molecule has 2 nitrogen and oxygen atoms in total. The molecule has 0 aliphatic heterocycles. The third-order valence-electron chi connectivity index (χ3n) is 11.6. The van der Waals surface area contributed by atoms with Gasteiger partial charge in [-0.25, -0.2) is 0 Å². The van der Waals surface area contributed by atoms with Gasteiger partial charge in [-0.2, -0.15) is 0 Å². The quantitative estimate of drug-likeness (QED) is 0.143. The van der Waals surface area contributed by atoms with Gasteiger partial charge in [0.05, 0.1) is 11.4 Å². The zero-order valence-electron chi connectivity index (χ0n) is 31.1. The molecule has 262 valence electrons. The van der Waals surface area contributed by atoms with Crippen LogP contribution in [0.4, 0.5) is 0 Å². The van der Waals surface area contributed by atoms with E-state index in [4.69, 9.17) is 4.98 Å².